The summed E-state index contributed by atoms with van der Waals surface area (Å²) in [6, 6.07) is 64.9. The molecule has 3 aliphatic heterocycles. The molecule has 0 saturated heterocycles. The summed E-state index contributed by atoms with van der Waals surface area (Å²) in [5, 5.41) is 2.50. The lowest BCUT2D eigenvalue weighted by Gasteiger charge is -2.49. The first kappa shape index (κ1) is 26.7. The Morgan fingerprint density at radius 1 is 0.327 bits per heavy atom. The van der Waals surface area contributed by atoms with Gasteiger partial charge in [-0.05, 0) is 92.2 Å². The summed E-state index contributed by atoms with van der Waals surface area (Å²) in [5.41, 5.74) is 19.0. The lowest BCUT2D eigenvalue weighted by Crippen LogP contribution is -2.63. The third kappa shape index (κ3) is 3.73. The summed E-state index contributed by atoms with van der Waals surface area (Å²) < 4.78 is 0. The molecule has 3 aliphatic rings. The molecule has 8 aromatic rings. The van der Waals surface area contributed by atoms with E-state index in [4.69, 9.17) is 0 Å². The Balaban J connectivity index is 1.25. The molecule has 0 saturated carbocycles. The minimum absolute atomic E-state index is 0.0498. The Morgan fingerprint density at radius 2 is 0.816 bits per heavy atom. The van der Waals surface area contributed by atoms with Crippen LogP contribution in [0, 0.1) is 0 Å². The molecule has 0 spiro atoms. The molecular formula is C46H29BN2. The molecule has 2 nitrogen and oxygen atoms in total. The summed E-state index contributed by atoms with van der Waals surface area (Å²) in [6.07, 6.45) is 0. The molecule has 0 unspecified atom stereocenters. The number of anilines is 5. The van der Waals surface area contributed by atoms with Crippen molar-refractivity contribution < 1.29 is 0 Å². The first-order valence-electron chi connectivity index (χ1n) is 17.1. The van der Waals surface area contributed by atoms with E-state index in [9.17, 15) is 0 Å². The van der Waals surface area contributed by atoms with Gasteiger partial charge in [0.1, 0.15) is 0 Å². The Morgan fingerprint density at radius 3 is 1.41 bits per heavy atom. The van der Waals surface area contributed by atoms with Gasteiger partial charge in [0.15, 0.2) is 0 Å². The maximum absolute atomic E-state index is 2.63. The van der Waals surface area contributed by atoms with Crippen molar-refractivity contribution in [2.75, 3.05) is 9.71 Å². The molecule has 0 aliphatic carbocycles. The van der Waals surface area contributed by atoms with E-state index < -0.39 is 0 Å². The molecule has 0 atom stereocenters. The largest absolute Gasteiger partial charge is 0.376 e. The maximum Gasteiger partial charge on any atom is 0.333 e. The van der Waals surface area contributed by atoms with Crippen molar-refractivity contribution in [3.05, 3.63) is 176 Å². The van der Waals surface area contributed by atoms with Gasteiger partial charge in [0.05, 0.1) is 5.69 Å². The minimum atomic E-state index is 0.0498. The van der Waals surface area contributed by atoms with E-state index in [1.54, 1.807) is 0 Å². The van der Waals surface area contributed by atoms with Crippen molar-refractivity contribution in [2.45, 2.75) is 0 Å². The third-order valence-electron chi connectivity index (χ3n) is 10.8. The summed E-state index contributed by atoms with van der Waals surface area (Å²) in [6.45, 7) is 0.0498. The van der Waals surface area contributed by atoms with Crippen LogP contribution >= 0.6 is 0 Å². The molecule has 0 bridgehead atoms. The van der Waals surface area contributed by atoms with Gasteiger partial charge in [-0.25, -0.2) is 0 Å². The van der Waals surface area contributed by atoms with Gasteiger partial charge in [-0.2, -0.15) is 0 Å². The summed E-state index contributed by atoms with van der Waals surface area (Å²) >= 11 is 0. The number of fused-ring (bicyclic) bond motifs is 7. The molecule has 0 radical (unpaired) electrons. The topological polar surface area (TPSA) is 6.48 Å². The van der Waals surface area contributed by atoms with Crippen LogP contribution in [0.1, 0.15) is 0 Å². The fourth-order valence-corrected chi connectivity index (χ4v) is 8.69. The van der Waals surface area contributed by atoms with Gasteiger partial charge < -0.3 is 9.71 Å². The van der Waals surface area contributed by atoms with E-state index in [1.165, 1.54) is 94.6 Å². The van der Waals surface area contributed by atoms with E-state index in [2.05, 4.69) is 186 Å². The van der Waals surface area contributed by atoms with Crippen LogP contribution in [0.15, 0.2) is 176 Å². The normalized spacial score (nSPS) is 13.2. The van der Waals surface area contributed by atoms with Crippen molar-refractivity contribution in [3.63, 3.8) is 0 Å². The van der Waals surface area contributed by atoms with Crippen LogP contribution in [-0.2, 0) is 0 Å². The van der Waals surface area contributed by atoms with Crippen LogP contribution in [0.4, 0.5) is 28.4 Å². The van der Waals surface area contributed by atoms with Crippen molar-refractivity contribution in [1.82, 2.24) is 0 Å². The minimum Gasteiger partial charge on any atom is -0.376 e. The molecular weight excluding hydrogens is 591 g/mol. The Hall–Kier alpha value is -6.32. The second kappa shape index (κ2) is 10.1. The molecule has 0 aromatic heterocycles. The lowest BCUT2D eigenvalue weighted by atomic mass is 9.41. The Kier molecular flexibility index (Phi) is 5.50. The highest BCUT2D eigenvalue weighted by atomic mass is 15.2. The zero-order valence-electron chi connectivity index (χ0n) is 26.7. The molecule has 8 aromatic carbocycles. The summed E-state index contributed by atoms with van der Waals surface area (Å²) in [7, 11) is 0. The van der Waals surface area contributed by atoms with E-state index in [-0.39, 0.29) is 6.85 Å². The molecule has 0 N–H and O–H groups in total. The van der Waals surface area contributed by atoms with Crippen LogP contribution in [-0.4, -0.2) is 6.85 Å². The van der Waals surface area contributed by atoms with Crippen molar-refractivity contribution in [2.24, 2.45) is 0 Å². The second-order valence-electron chi connectivity index (χ2n) is 13.3. The quantitative estimate of drug-likeness (QED) is 0.181. The number of hydrogen-bond acceptors (Lipinski definition) is 2. The fourth-order valence-electron chi connectivity index (χ4n) is 8.69. The third-order valence-corrected chi connectivity index (χ3v) is 10.8. The van der Waals surface area contributed by atoms with Crippen molar-refractivity contribution in [1.29, 1.82) is 0 Å². The highest BCUT2D eigenvalue weighted by molar-refractivity contribution is 6.95. The number of benzene rings is 8. The van der Waals surface area contributed by atoms with Gasteiger partial charge in [0, 0.05) is 39.3 Å². The molecule has 3 heterocycles. The van der Waals surface area contributed by atoms with Gasteiger partial charge in [0.25, 0.3) is 0 Å². The molecule has 11 rings (SSSR count). The van der Waals surface area contributed by atoms with Gasteiger partial charge in [-0.1, -0.05) is 133 Å². The van der Waals surface area contributed by atoms with Gasteiger partial charge in [-0.15, -0.1) is 0 Å². The van der Waals surface area contributed by atoms with Gasteiger partial charge in [-0.3, -0.25) is 0 Å². The van der Waals surface area contributed by atoms with Crippen molar-refractivity contribution in [3.8, 4) is 44.5 Å². The highest BCUT2D eigenvalue weighted by Gasteiger charge is 2.48. The number of hydrogen-bond donors (Lipinski definition) is 0. The van der Waals surface area contributed by atoms with Crippen molar-refractivity contribution >= 4 is 57.0 Å². The van der Waals surface area contributed by atoms with E-state index >= 15 is 0 Å². The molecule has 49 heavy (non-hydrogen) atoms. The molecule has 0 fully saturated rings. The zero-order valence-corrected chi connectivity index (χ0v) is 26.7. The SMILES string of the molecule is c1ccc(-c2ccc3c(c2)-c2cccc4c2B2c5c(cccc5N4c4cccc5ccccc45)-c4cc(-c5ccccc5)ccc4N23)cc1. The highest BCUT2D eigenvalue weighted by Crippen LogP contribution is 2.53. The van der Waals surface area contributed by atoms with E-state index in [0.29, 0.717) is 0 Å². The lowest BCUT2D eigenvalue weighted by molar-refractivity contribution is 1.27. The fraction of sp³-hybridized carbons (Fsp3) is 0. The summed E-state index contributed by atoms with van der Waals surface area (Å²) in [5.74, 6) is 0. The van der Waals surface area contributed by atoms with Crippen LogP contribution in [0.3, 0.4) is 0 Å². The van der Waals surface area contributed by atoms with Crippen LogP contribution in [0.5, 0.6) is 0 Å². The Labute approximate surface area is 286 Å². The average Bonchev–Trinajstić information content (AvgIpc) is 3.18. The van der Waals surface area contributed by atoms with Crippen LogP contribution < -0.4 is 20.6 Å². The molecule has 0 amide bonds. The predicted molar refractivity (Wildman–Crippen MR) is 208 cm³/mol. The monoisotopic (exact) mass is 620 g/mol. The van der Waals surface area contributed by atoms with Crippen LogP contribution in [0.25, 0.3) is 55.3 Å². The second-order valence-corrected chi connectivity index (χ2v) is 13.3. The first-order chi connectivity index (χ1) is 24.3. The van der Waals surface area contributed by atoms with Crippen LogP contribution in [0.2, 0.25) is 0 Å². The summed E-state index contributed by atoms with van der Waals surface area (Å²) in [4.78, 5) is 5.17. The standard InChI is InChI=1S/C46H29BN2/c1-3-12-30(13-4-1)33-24-26-41-38(28-33)36-19-10-22-43-45(36)47-46-37(39-29-34(25-27-42(39)49(41)47)31-14-5-2-6-15-31)20-11-23-44(46)48(43)40-21-9-17-32-16-7-8-18-35(32)40/h1-29H. The smallest absolute Gasteiger partial charge is 0.333 e. The molecule has 226 valence electrons. The average molecular weight is 621 g/mol. The first-order valence-corrected chi connectivity index (χ1v) is 17.1. The van der Waals surface area contributed by atoms with E-state index in [1.807, 2.05) is 0 Å². The zero-order chi connectivity index (χ0) is 32.1. The van der Waals surface area contributed by atoms with Gasteiger partial charge in [0.2, 0.25) is 0 Å². The Bertz CT molecular complexity index is 2480. The number of rotatable bonds is 3. The van der Waals surface area contributed by atoms with Gasteiger partial charge >= 0.3 is 6.85 Å². The van der Waals surface area contributed by atoms with E-state index in [0.717, 1.165) is 0 Å². The number of nitrogens with zero attached hydrogens (tertiary/aromatic N) is 2. The maximum atomic E-state index is 2.63. The molecule has 3 heteroatoms. The predicted octanol–water partition coefficient (Wildman–Crippen LogP) is 10.9.